The normalized spacial score (nSPS) is 18.0. The van der Waals surface area contributed by atoms with E-state index in [-0.39, 0.29) is 17.7 Å². The number of hydrogen-bond donors (Lipinski definition) is 2. The molecule has 1 fully saturated rings. The minimum atomic E-state index is -0.913. The molecule has 0 spiro atoms. The average molecular weight is 393 g/mol. The quantitative estimate of drug-likeness (QED) is 0.525. The Balaban J connectivity index is 2.06. The second-order valence-electron chi connectivity index (χ2n) is 6.83. The summed E-state index contributed by atoms with van der Waals surface area (Å²) in [5, 5.41) is 11.5. The number of benzene rings is 1. The van der Waals surface area contributed by atoms with Crippen LogP contribution >= 0.6 is 11.8 Å². The molecule has 1 saturated heterocycles. The molecule has 0 bridgehead atoms. The Hall–Kier alpha value is -2.02. The van der Waals surface area contributed by atoms with Crippen molar-refractivity contribution in [2.24, 2.45) is 5.92 Å². The molecule has 7 heteroatoms. The lowest BCUT2D eigenvalue weighted by atomic mass is 9.96. The fourth-order valence-corrected chi connectivity index (χ4v) is 3.99. The SMILES string of the molecule is CCCCNC(=O)C1CCCN(C(=O)c2ccccc2SC(C)C(=O)O)C1. The number of thioether (sulfide) groups is 1. The molecule has 2 N–H and O–H groups in total. The highest BCUT2D eigenvalue weighted by Crippen LogP contribution is 2.29. The van der Waals surface area contributed by atoms with Crippen LogP contribution in [0, 0.1) is 5.92 Å². The molecule has 2 amide bonds. The number of rotatable bonds is 8. The molecule has 6 nitrogen and oxygen atoms in total. The van der Waals surface area contributed by atoms with E-state index in [2.05, 4.69) is 12.2 Å². The summed E-state index contributed by atoms with van der Waals surface area (Å²) in [6, 6.07) is 7.08. The van der Waals surface area contributed by atoms with E-state index in [9.17, 15) is 14.4 Å². The van der Waals surface area contributed by atoms with Gasteiger partial charge in [-0.3, -0.25) is 14.4 Å². The van der Waals surface area contributed by atoms with Crippen LogP contribution in [0.4, 0.5) is 0 Å². The number of nitrogens with zero attached hydrogens (tertiary/aromatic N) is 1. The molecule has 1 aromatic rings. The van der Waals surface area contributed by atoms with Crippen LogP contribution in [-0.2, 0) is 9.59 Å². The molecular formula is C20H28N2O4S. The molecule has 0 saturated carbocycles. The molecule has 2 rings (SSSR count). The first kappa shape index (κ1) is 21.3. The van der Waals surface area contributed by atoms with Gasteiger partial charge in [-0.1, -0.05) is 25.5 Å². The van der Waals surface area contributed by atoms with E-state index in [0.717, 1.165) is 37.4 Å². The average Bonchev–Trinajstić information content (AvgIpc) is 2.68. The first-order valence-corrected chi connectivity index (χ1v) is 10.4. The summed E-state index contributed by atoms with van der Waals surface area (Å²) in [6.07, 6.45) is 3.55. The van der Waals surface area contributed by atoms with Crippen LogP contribution in [0.1, 0.15) is 49.9 Å². The maximum atomic E-state index is 13.0. The summed E-state index contributed by atoms with van der Waals surface area (Å²) in [7, 11) is 0. The van der Waals surface area contributed by atoms with Crippen molar-refractivity contribution >= 4 is 29.5 Å². The number of carbonyl (C=O) groups excluding carboxylic acids is 2. The van der Waals surface area contributed by atoms with Gasteiger partial charge in [-0.15, -0.1) is 11.8 Å². The zero-order valence-corrected chi connectivity index (χ0v) is 16.8. The molecule has 0 radical (unpaired) electrons. The fourth-order valence-electron chi connectivity index (χ4n) is 3.07. The molecule has 1 aliphatic rings. The van der Waals surface area contributed by atoms with Crippen molar-refractivity contribution in [2.45, 2.75) is 49.7 Å². The smallest absolute Gasteiger partial charge is 0.316 e. The van der Waals surface area contributed by atoms with Gasteiger partial charge in [0, 0.05) is 24.5 Å². The first-order valence-electron chi connectivity index (χ1n) is 9.49. The third-order valence-electron chi connectivity index (χ3n) is 4.68. The van der Waals surface area contributed by atoms with Gasteiger partial charge in [0.1, 0.15) is 5.25 Å². The van der Waals surface area contributed by atoms with E-state index in [1.807, 2.05) is 0 Å². The number of piperidine rings is 1. The number of hydrogen-bond acceptors (Lipinski definition) is 4. The molecule has 27 heavy (non-hydrogen) atoms. The molecular weight excluding hydrogens is 364 g/mol. The van der Waals surface area contributed by atoms with Crippen LogP contribution in [0.15, 0.2) is 29.2 Å². The van der Waals surface area contributed by atoms with Crippen LogP contribution in [-0.4, -0.2) is 52.7 Å². The summed E-state index contributed by atoms with van der Waals surface area (Å²) in [6.45, 7) is 5.38. The highest BCUT2D eigenvalue weighted by molar-refractivity contribution is 8.00. The van der Waals surface area contributed by atoms with Gasteiger partial charge >= 0.3 is 5.97 Å². The van der Waals surface area contributed by atoms with Gasteiger partial charge in [0.2, 0.25) is 5.91 Å². The van der Waals surface area contributed by atoms with Gasteiger partial charge in [-0.25, -0.2) is 0 Å². The number of nitrogens with one attached hydrogen (secondary N) is 1. The number of unbranched alkanes of at least 4 members (excludes halogenated alkanes) is 1. The fraction of sp³-hybridized carbons (Fsp3) is 0.550. The van der Waals surface area contributed by atoms with Crippen molar-refractivity contribution in [3.8, 4) is 0 Å². The third-order valence-corrected chi connectivity index (χ3v) is 5.84. The summed E-state index contributed by atoms with van der Waals surface area (Å²) >= 11 is 1.16. The lowest BCUT2D eigenvalue weighted by molar-refractivity contribution is -0.136. The maximum absolute atomic E-state index is 13.0. The first-order chi connectivity index (χ1) is 12.9. The van der Waals surface area contributed by atoms with Crippen molar-refractivity contribution in [2.75, 3.05) is 19.6 Å². The van der Waals surface area contributed by atoms with Crippen LogP contribution in [0.25, 0.3) is 0 Å². The zero-order valence-electron chi connectivity index (χ0n) is 15.9. The Morgan fingerprint density at radius 3 is 2.78 bits per heavy atom. The van der Waals surface area contributed by atoms with E-state index in [0.29, 0.717) is 30.1 Å². The van der Waals surface area contributed by atoms with E-state index >= 15 is 0 Å². The van der Waals surface area contributed by atoms with Crippen molar-refractivity contribution in [3.05, 3.63) is 29.8 Å². The molecule has 1 heterocycles. The largest absolute Gasteiger partial charge is 0.480 e. The van der Waals surface area contributed by atoms with E-state index < -0.39 is 11.2 Å². The van der Waals surface area contributed by atoms with Gasteiger partial charge < -0.3 is 15.3 Å². The van der Waals surface area contributed by atoms with Crippen molar-refractivity contribution < 1.29 is 19.5 Å². The van der Waals surface area contributed by atoms with Gasteiger partial charge in [0.25, 0.3) is 5.91 Å². The summed E-state index contributed by atoms with van der Waals surface area (Å²) in [5.41, 5.74) is 0.502. The standard InChI is InChI=1S/C20H28N2O4S/c1-3-4-11-21-18(23)15-8-7-12-22(13-15)19(24)16-9-5-6-10-17(16)27-14(2)20(25)26/h5-6,9-10,14-15H,3-4,7-8,11-13H2,1-2H3,(H,21,23)(H,25,26). The minimum Gasteiger partial charge on any atom is -0.480 e. The zero-order chi connectivity index (χ0) is 19.8. The third kappa shape index (κ3) is 5.99. The van der Waals surface area contributed by atoms with Gasteiger partial charge in [0.15, 0.2) is 0 Å². The Labute approximate surface area is 164 Å². The Morgan fingerprint density at radius 2 is 2.07 bits per heavy atom. The summed E-state index contributed by atoms with van der Waals surface area (Å²) < 4.78 is 0. The van der Waals surface area contributed by atoms with Crippen molar-refractivity contribution in [1.29, 1.82) is 0 Å². The maximum Gasteiger partial charge on any atom is 0.316 e. The minimum absolute atomic E-state index is 0.0168. The summed E-state index contributed by atoms with van der Waals surface area (Å²) in [4.78, 5) is 38.9. The predicted molar refractivity (Wildman–Crippen MR) is 106 cm³/mol. The monoisotopic (exact) mass is 392 g/mol. The van der Waals surface area contributed by atoms with Crippen LogP contribution in [0.5, 0.6) is 0 Å². The number of carboxylic acids is 1. The molecule has 148 valence electrons. The van der Waals surface area contributed by atoms with Gasteiger partial charge in [-0.05, 0) is 38.3 Å². The molecule has 1 aromatic carbocycles. The van der Waals surface area contributed by atoms with Crippen LogP contribution in [0.3, 0.4) is 0 Å². The Kier molecular flexibility index (Phi) is 8.16. The summed E-state index contributed by atoms with van der Waals surface area (Å²) in [5.74, 6) is -1.22. The van der Waals surface area contributed by atoms with E-state index in [4.69, 9.17) is 5.11 Å². The van der Waals surface area contributed by atoms with Crippen molar-refractivity contribution in [1.82, 2.24) is 10.2 Å². The van der Waals surface area contributed by atoms with E-state index in [1.165, 1.54) is 0 Å². The number of likely N-dealkylation sites (tertiary alicyclic amines) is 1. The number of aliphatic carboxylic acids is 1. The van der Waals surface area contributed by atoms with Gasteiger partial charge in [-0.2, -0.15) is 0 Å². The molecule has 1 aliphatic heterocycles. The Morgan fingerprint density at radius 1 is 1.33 bits per heavy atom. The molecule has 2 unspecified atom stereocenters. The second kappa shape index (κ2) is 10.3. The van der Waals surface area contributed by atoms with E-state index in [1.54, 1.807) is 36.1 Å². The second-order valence-corrected chi connectivity index (χ2v) is 8.21. The highest BCUT2D eigenvalue weighted by Gasteiger charge is 2.30. The molecule has 2 atom stereocenters. The van der Waals surface area contributed by atoms with Gasteiger partial charge in [0.05, 0.1) is 11.5 Å². The lowest BCUT2D eigenvalue weighted by Crippen LogP contribution is -2.45. The highest BCUT2D eigenvalue weighted by atomic mass is 32.2. The topological polar surface area (TPSA) is 86.7 Å². The number of carbonyl (C=O) groups is 3. The number of carboxylic acid groups (broad SMARTS) is 1. The van der Waals surface area contributed by atoms with Crippen molar-refractivity contribution in [3.63, 3.8) is 0 Å². The number of amides is 2. The molecule has 0 aliphatic carbocycles. The van der Waals surface area contributed by atoms with Crippen LogP contribution in [0.2, 0.25) is 0 Å². The lowest BCUT2D eigenvalue weighted by Gasteiger charge is -2.32. The van der Waals surface area contributed by atoms with Crippen LogP contribution < -0.4 is 5.32 Å². The Bertz CT molecular complexity index is 680. The molecule has 0 aromatic heterocycles. The predicted octanol–water partition coefficient (Wildman–Crippen LogP) is 3.02.